The fourth-order valence-corrected chi connectivity index (χ4v) is 4.57. The standard InChI is InChI=1S/C23H20N4O2S/c1-15-13-17-9-5-6-10-19(17)27(15)14-20-18(11-12-29-20)21(28)24-23-26-25-22(30-23)16-7-3-2-4-8-16/h2-12,15H,13-14H2,1H3,(H,24,26,28). The van der Waals surface area contributed by atoms with E-state index in [1.165, 1.54) is 22.6 Å². The van der Waals surface area contributed by atoms with Crippen LogP contribution in [0.3, 0.4) is 0 Å². The summed E-state index contributed by atoms with van der Waals surface area (Å²) in [6, 6.07) is 20.2. The molecule has 1 amide bonds. The van der Waals surface area contributed by atoms with Crippen LogP contribution in [-0.4, -0.2) is 22.1 Å². The van der Waals surface area contributed by atoms with Crippen molar-refractivity contribution in [2.24, 2.45) is 0 Å². The molecule has 6 nitrogen and oxygen atoms in total. The predicted octanol–water partition coefficient (Wildman–Crippen LogP) is 5.00. The molecule has 3 heterocycles. The number of amides is 1. The molecule has 30 heavy (non-hydrogen) atoms. The Morgan fingerprint density at radius 3 is 2.80 bits per heavy atom. The minimum absolute atomic E-state index is 0.241. The van der Waals surface area contributed by atoms with E-state index in [2.05, 4.69) is 45.5 Å². The van der Waals surface area contributed by atoms with Crippen molar-refractivity contribution in [3.8, 4) is 10.6 Å². The SMILES string of the molecule is CC1Cc2ccccc2N1Cc1occc1C(=O)Nc1nnc(-c2ccccc2)s1. The van der Waals surface area contributed by atoms with Crippen LogP contribution in [0.4, 0.5) is 10.8 Å². The first kappa shape index (κ1) is 18.6. The Balaban J connectivity index is 1.33. The molecular weight excluding hydrogens is 396 g/mol. The number of hydrogen-bond donors (Lipinski definition) is 1. The van der Waals surface area contributed by atoms with Gasteiger partial charge in [0.2, 0.25) is 5.13 Å². The van der Waals surface area contributed by atoms with Crippen LogP contribution in [-0.2, 0) is 13.0 Å². The number of carbonyl (C=O) groups is 1. The Morgan fingerprint density at radius 1 is 1.13 bits per heavy atom. The summed E-state index contributed by atoms with van der Waals surface area (Å²) >= 11 is 1.35. The summed E-state index contributed by atoms with van der Waals surface area (Å²) in [5.41, 5.74) is 4.01. The third-order valence-corrected chi connectivity index (χ3v) is 6.21. The lowest BCUT2D eigenvalue weighted by molar-refractivity contribution is 0.102. The van der Waals surface area contributed by atoms with E-state index in [1.54, 1.807) is 12.3 Å². The van der Waals surface area contributed by atoms with Gasteiger partial charge in [0.05, 0.1) is 18.4 Å². The molecule has 5 rings (SSSR count). The molecule has 0 radical (unpaired) electrons. The van der Waals surface area contributed by atoms with Gasteiger partial charge in [-0.1, -0.05) is 59.9 Å². The molecule has 1 unspecified atom stereocenters. The molecule has 0 saturated carbocycles. The smallest absolute Gasteiger partial charge is 0.261 e. The first-order valence-electron chi connectivity index (χ1n) is 9.80. The second-order valence-corrected chi connectivity index (χ2v) is 8.28. The number of hydrogen-bond acceptors (Lipinski definition) is 6. The molecule has 150 valence electrons. The third-order valence-electron chi connectivity index (χ3n) is 5.32. The summed E-state index contributed by atoms with van der Waals surface area (Å²) in [7, 11) is 0. The van der Waals surface area contributed by atoms with Gasteiger partial charge >= 0.3 is 0 Å². The van der Waals surface area contributed by atoms with Crippen LogP contribution >= 0.6 is 11.3 Å². The first-order chi connectivity index (χ1) is 14.7. The van der Waals surface area contributed by atoms with Gasteiger partial charge < -0.3 is 9.32 Å². The third kappa shape index (κ3) is 3.48. The van der Waals surface area contributed by atoms with Crippen molar-refractivity contribution < 1.29 is 9.21 Å². The lowest BCUT2D eigenvalue weighted by atomic mass is 10.1. The fraction of sp³-hybridized carbons (Fsp3) is 0.174. The highest BCUT2D eigenvalue weighted by Crippen LogP contribution is 2.34. The van der Waals surface area contributed by atoms with Crippen LogP contribution in [0, 0.1) is 0 Å². The normalized spacial score (nSPS) is 15.2. The van der Waals surface area contributed by atoms with E-state index < -0.39 is 0 Å². The van der Waals surface area contributed by atoms with Crippen LogP contribution in [0.15, 0.2) is 71.3 Å². The second kappa shape index (κ2) is 7.76. The number of fused-ring (bicyclic) bond motifs is 1. The van der Waals surface area contributed by atoms with E-state index in [-0.39, 0.29) is 5.91 Å². The summed E-state index contributed by atoms with van der Waals surface area (Å²) in [5.74, 6) is 0.401. The molecule has 1 aliphatic rings. The predicted molar refractivity (Wildman–Crippen MR) is 118 cm³/mol. The van der Waals surface area contributed by atoms with E-state index in [0.717, 1.165) is 17.0 Å². The van der Waals surface area contributed by atoms with Gasteiger partial charge in [0.15, 0.2) is 0 Å². The number of anilines is 2. The van der Waals surface area contributed by atoms with Crippen LogP contribution in [0.1, 0.15) is 28.6 Å². The van der Waals surface area contributed by atoms with Gasteiger partial charge in [-0.05, 0) is 31.0 Å². The molecule has 0 bridgehead atoms. The number of furan rings is 1. The van der Waals surface area contributed by atoms with Crippen LogP contribution < -0.4 is 10.2 Å². The molecule has 0 saturated heterocycles. The Morgan fingerprint density at radius 2 is 1.93 bits per heavy atom. The number of para-hydroxylation sites is 1. The number of benzene rings is 2. The quantitative estimate of drug-likeness (QED) is 0.496. The topological polar surface area (TPSA) is 71.3 Å². The van der Waals surface area contributed by atoms with E-state index in [4.69, 9.17) is 4.42 Å². The van der Waals surface area contributed by atoms with Gasteiger partial charge in [-0.2, -0.15) is 0 Å². The van der Waals surface area contributed by atoms with E-state index in [1.807, 2.05) is 36.4 Å². The van der Waals surface area contributed by atoms with Crippen molar-refractivity contribution in [3.05, 3.63) is 83.8 Å². The molecule has 1 atom stereocenters. The van der Waals surface area contributed by atoms with Crippen molar-refractivity contribution in [2.45, 2.75) is 25.9 Å². The minimum atomic E-state index is -0.241. The number of aromatic nitrogens is 2. The highest BCUT2D eigenvalue weighted by molar-refractivity contribution is 7.18. The Labute approximate surface area is 178 Å². The number of carbonyl (C=O) groups excluding carboxylic acids is 1. The largest absolute Gasteiger partial charge is 0.467 e. The lowest BCUT2D eigenvalue weighted by Gasteiger charge is -2.24. The zero-order chi connectivity index (χ0) is 20.5. The Bertz CT molecular complexity index is 1180. The average molecular weight is 417 g/mol. The Hall–Kier alpha value is -3.45. The highest BCUT2D eigenvalue weighted by atomic mass is 32.1. The molecule has 2 aromatic heterocycles. The molecule has 0 spiro atoms. The van der Waals surface area contributed by atoms with Crippen molar-refractivity contribution in [3.63, 3.8) is 0 Å². The monoisotopic (exact) mass is 416 g/mol. The minimum Gasteiger partial charge on any atom is -0.467 e. The van der Waals surface area contributed by atoms with Crippen molar-refractivity contribution in [2.75, 3.05) is 10.2 Å². The van der Waals surface area contributed by atoms with Crippen molar-refractivity contribution in [1.82, 2.24) is 10.2 Å². The van der Waals surface area contributed by atoms with E-state index >= 15 is 0 Å². The summed E-state index contributed by atoms with van der Waals surface area (Å²) in [5, 5.41) is 12.4. The average Bonchev–Trinajstić information content (AvgIpc) is 3.49. The van der Waals surface area contributed by atoms with Crippen LogP contribution in [0.2, 0.25) is 0 Å². The zero-order valence-electron chi connectivity index (χ0n) is 16.4. The van der Waals surface area contributed by atoms with E-state index in [0.29, 0.717) is 29.0 Å². The van der Waals surface area contributed by atoms with Crippen LogP contribution in [0.25, 0.3) is 10.6 Å². The van der Waals surface area contributed by atoms with Gasteiger partial charge in [0, 0.05) is 17.3 Å². The summed E-state index contributed by atoms with van der Waals surface area (Å²) in [4.78, 5) is 15.2. The number of nitrogens with one attached hydrogen (secondary N) is 1. The van der Waals surface area contributed by atoms with Gasteiger partial charge in [0.1, 0.15) is 10.8 Å². The molecule has 0 aliphatic carbocycles. The lowest BCUT2D eigenvalue weighted by Crippen LogP contribution is -2.29. The molecule has 2 aromatic carbocycles. The summed E-state index contributed by atoms with van der Waals surface area (Å²) < 4.78 is 5.69. The van der Waals surface area contributed by atoms with E-state index in [9.17, 15) is 4.79 Å². The summed E-state index contributed by atoms with van der Waals surface area (Å²) in [6.07, 6.45) is 2.55. The fourth-order valence-electron chi connectivity index (χ4n) is 3.83. The number of nitrogens with zero attached hydrogens (tertiary/aromatic N) is 3. The molecule has 1 aliphatic heterocycles. The van der Waals surface area contributed by atoms with Crippen LogP contribution in [0.5, 0.6) is 0 Å². The molecule has 1 N–H and O–H groups in total. The van der Waals surface area contributed by atoms with Gasteiger partial charge in [-0.15, -0.1) is 10.2 Å². The van der Waals surface area contributed by atoms with Gasteiger partial charge in [-0.25, -0.2) is 0 Å². The first-order valence-corrected chi connectivity index (χ1v) is 10.6. The zero-order valence-corrected chi connectivity index (χ0v) is 17.2. The number of rotatable bonds is 5. The maximum atomic E-state index is 12.9. The van der Waals surface area contributed by atoms with Crippen molar-refractivity contribution >= 4 is 28.1 Å². The molecule has 7 heteroatoms. The molecular formula is C23H20N4O2S. The highest BCUT2D eigenvalue weighted by Gasteiger charge is 2.28. The maximum absolute atomic E-state index is 12.9. The van der Waals surface area contributed by atoms with Crippen molar-refractivity contribution in [1.29, 1.82) is 0 Å². The maximum Gasteiger partial charge on any atom is 0.261 e. The van der Waals surface area contributed by atoms with Gasteiger partial charge in [-0.3, -0.25) is 10.1 Å². The second-order valence-electron chi connectivity index (χ2n) is 7.30. The van der Waals surface area contributed by atoms with Gasteiger partial charge in [0.25, 0.3) is 5.91 Å². The molecule has 4 aromatic rings. The molecule has 0 fully saturated rings. The summed E-state index contributed by atoms with van der Waals surface area (Å²) in [6.45, 7) is 2.73. The Kier molecular flexibility index (Phi) is 4.80.